The minimum absolute atomic E-state index is 0.303. The molecule has 0 bridgehead atoms. The van der Waals surface area contributed by atoms with Gasteiger partial charge >= 0.3 is 5.97 Å². The summed E-state index contributed by atoms with van der Waals surface area (Å²) in [5.41, 5.74) is 0.376. The number of esters is 1. The molecule has 23 heavy (non-hydrogen) atoms. The summed E-state index contributed by atoms with van der Waals surface area (Å²) >= 11 is 0. The molecule has 1 aliphatic rings. The Kier molecular flexibility index (Phi) is 6.83. The van der Waals surface area contributed by atoms with Crippen LogP contribution in [0, 0.1) is 0 Å². The van der Waals surface area contributed by atoms with Crippen molar-refractivity contribution in [2.24, 2.45) is 0 Å². The van der Waals surface area contributed by atoms with Gasteiger partial charge in [-0.3, -0.25) is 0 Å². The van der Waals surface area contributed by atoms with Crippen molar-refractivity contribution in [2.45, 2.75) is 51.8 Å². The Hall–Kier alpha value is -1.63. The molecule has 6 heteroatoms. The highest BCUT2D eigenvalue weighted by molar-refractivity contribution is 5.89. The maximum Gasteiger partial charge on any atom is 0.338 e. The van der Waals surface area contributed by atoms with Crippen molar-refractivity contribution < 1.29 is 28.8 Å². The Morgan fingerprint density at radius 1 is 1.43 bits per heavy atom. The van der Waals surface area contributed by atoms with Crippen LogP contribution >= 0.6 is 0 Å². The Morgan fingerprint density at radius 2 is 2.26 bits per heavy atom. The van der Waals surface area contributed by atoms with Crippen LogP contribution in [0.25, 0.3) is 0 Å². The third kappa shape index (κ3) is 5.49. The second-order valence-electron chi connectivity index (χ2n) is 5.39. The molecule has 1 fully saturated rings. The SMILES string of the molecule is CCOC(=O)c1cccc(OC(O)C(C)OC2CCCCO2)c1. The highest BCUT2D eigenvalue weighted by Gasteiger charge is 2.23. The predicted molar refractivity (Wildman–Crippen MR) is 83.2 cm³/mol. The summed E-state index contributed by atoms with van der Waals surface area (Å²) in [6.45, 7) is 4.45. The number of carbonyl (C=O) groups is 1. The van der Waals surface area contributed by atoms with E-state index in [0.717, 1.165) is 19.3 Å². The topological polar surface area (TPSA) is 74.2 Å². The zero-order chi connectivity index (χ0) is 16.7. The molecular weight excluding hydrogens is 300 g/mol. The fourth-order valence-corrected chi connectivity index (χ4v) is 2.27. The van der Waals surface area contributed by atoms with E-state index in [-0.39, 0.29) is 6.29 Å². The van der Waals surface area contributed by atoms with E-state index < -0.39 is 18.4 Å². The lowest BCUT2D eigenvalue weighted by Crippen LogP contribution is -2.36. The first-order valence-corrected chi connectivity index (χ1v) is 7.99. The van der Waals surface area contributed by atoms with Gasteiger partial charge in [0.2, 0.25) is 6.29 Å². The molecule has 0 radical (unpaired) electrons. The lowest BCUT2D eigenvalue weighted by molar-refractivity contribution is -0.226. The number of carbonyl (C=O) groups excluding carboxylic acids is 1. The van der Waals surface area contributed by atoms with Crippen LogP contribution in [-0.4, -0.2) is 43.0 Å². The van der Waals surface area contributed by atoms with E-state index in [2.05, 4.69) is 0 Å². The molecule has 1 saturated heterocycles. The Bertz CT molecular complexity index is 498. The van der Waals surface area contributed by atoms with E-state index in [1.54, 1.807) is 32.0 Å². The molecule has 0 saturated carbocycles. The molecule has 1 heterocycles. The van der Waals surface area contributed by atoms with Crippen LogP contribution in [0.2, 0.25) is 0 Å². The zero-order valence-electron chi connectivity index (χ0n) is 13.6. The van der Waals surface area contributed by atoms with Crippen LogP contribution in [-0.2, 0) is 14.2 Å². The maximum atomic E-state index is 11.7. The van der Waals surface area contributed by atoms with Gasteiger partial charge in [0, 0.05) is 6.61 Å². The predicted octanol–water partition coefficient (Wildman–Crippen LogP) is 2.49. The minimum atomic E-state index is -1.15. The summed E-state index contributed by atoms with van der Waals surface area (Å²) in [4.78, 5) is 11.7. The van der Waals surface area contributed by atoms with Crippen molar-refractivity contribution >= 4 is 5.97 Å². The van der Waals surface area contributed by atoms with Gasteiger partial charge in [0.05, 0.1) is 12.2 Å². The molecule has 1 aliphatic heterocycles. The highest BCUT2D eigenvalue weighted by Crippen LogP contribution is 2.20. The molecule has 6 nitrogen and oxygen atoms in total. The van der Waals surface area contributed by atoms with E-state index in [0.29, 0.717) is 24.5 Å². The molecule has 3 atom stereocenters. The smallest absolute Gasteiger partial charge is 0.338 e. The van der Waals surface area contributed by atoms with Crippen LogP contribution in [0.5, 0.6) is 5.75 Å². The lowest BCUT2D eigenvalue weighted by atomic mass is 10.2. The average molecular weight is 324 g/mol. The minimum Gasteiger partial charge on any atom is -0.462 e. The van der Waals surface area contributed by atoms with Crippen LogP contribution in [0.1, 0.15) is 43.5 Å². The molecule has 1 N–H and O–H groups in total. The van der Waals surface area contributed by atoms with Crippen molar-refractivity contribution in [1.82, 2.24) is 0 Å². The summed E-state index contributed by atoms with van der Waals surface area (Å²) in [5.74, 6) is -0.0459. The van der Waals surface area contributed by atoms with Crippen molar-refractivity contribution in [2.75, 3.05) is 13.2 Å². The molecular formula is C17H24O6. The average Bonchev–Trinajstić information content (AvgIpc) is 2.56. The summed E-state index contributed by atoms with van der Waals surface area (Å²) in [6.07, 6.45) is 0.893. The molecule has 1 aromatic carbocycles. The number of ether oxygens (including phenoxy) is 4. The van der Waals surface area contributed by atoms with E-state index in [4.69, 9.17) is 18.9 Å². The Labute approximate surface area is 136 Å². The van der Waals surface area contributed by atoms with Crippen LogP contribution < -0.4 is 4.74 Å². The van der Waals surface area contributed by atoms with Gasteiger partial charge in [0.15, 0.2) is 6.29 Å². The molecule has 128 valence electrons. The van der Waals surface area contributed by atoms with Crippen molar-refractivity contribution in [3.05, 3.63) is 29.8 Å². The molecule has 0 aliphatic carbocycles. The van der Waals surface area contributed by atoms with Gasteiger partial charge in [-0.25, -0.2) is 4.79 Å². The molecule has 0 amide bonds. The first-order valence-electron chi connectivity index (χ1n) is 7.99. The normalized spacial score (nSPS) is 20.6. The number of rotatable bonds is 7. The van der Waals surface area contributed by atoms with Gasteiger partial charge in [-0.15, -0.1) is 0 Å². The second kappa shape index (κ2) is 8.86. The van der Waals surface area contributed by atoms with Crippen molar-refractivity contribution in [3.63, 3.8) is 0 Å². The summed E-state index contributed by atoms with van der Waals surface area (Å²) in [6, 6.07) is 6.50. The molecule has 0 spiro atoms. The summed E-state index contributed by atoms with van der Waals surface area (Å²) in [7, 11) is 0. The van der Waals surface area contributed by atoms with E-state index in [1.165, 1.54) is 6.07 Å². The van der Waals surface area contributed by atoms with Crippen molar-refractivity contribution in [3.8, 4) is 5.75 Å². The quantitative estimate of drug-likeness (QED) is 0.613. The monoisotopic (exact) mass is 324 g/mol. The summed E-state index contributed by atoms with van der Waals surface area (Å²) in [5, 5.41) is 10.1. The van der Waals surface area contributed by atoms with E-state index >= 15 is 0 Å². The maximum absolute atomic E-state index is 11.7. The Balaban J connectivity index is 1.89. The van der Waals surface area contributed by atoms with Crippen LogP contribution in [0.4, 0.5) is 0 Å². The zero-order valence-corrected chi connectivity index (χ0v) is 13.6. The third-order valence-electron chi connectivity index (χ3n) is 3.51. The van der Waals surface area contributed by atoms with Gasteiger partial charge in [-0.2, -0.15) is 0 Å². The Morgan fingerprint density at radius 3 is 2.96 bits per heavy atom. The largest absolute Gasteiger partial charge is 0.462 e. The second-order valence-corrected chi connectivity index (χ2v) is 5.39. The van der Waals surface area contributed by atoms with Gasteiger partial charge < -0.3 is 24.1 Å². The third-order valence-corrected chi connectivity index (χ3v) is 3.51. The highest BCUT2D eigenvalue weighted by atomic mass is 16.7. The van der Waals surface area contributed by atoms with Gasteiger partial charge in [0.25, 0.3) is 0 Å². The molecule has 2 rings (SSSR count). The van der Waals surface area contributed by atoms with Gasteiger partial charge in [0.1, 0.15) is 11.9 Å². The van der Waals surface area contributed by atoms with E-state index in [9.17, 15) is 9.90 Å². The fourth-order valence-electron chi connectivity index (χ4n) is 2.27. The molecule has 1 aromatic rings. The van der Waals surface area contributed by atoms with Gasteiger partial charge in [-0.05, 0) is 51.3 Å². The van der Waals surface area contributed by atoms with Crippen LogP contribution in [0.3, 0.4) is 0 Å². The van der Waals surface area contributed by atoms with Crippen molar-refractivity contribution in [1.29, 1.82) is 0 Å². The molecule has 0 aromatic heterocycles. The number of hydrogen-bond acceptors (Lipinski definition) is 6. The first kappa shape index (κ1) is 17.7. The summed E-state index contributed by atoms with van der Waals surface area (Å²) < 4.78 is 21.5. The number of aliphatic hydroxyl groups is 1. The number of benzene rings is 1. The first-order chi connectivity index (χ1) is 11.1. The van der Waals surface area contributed by atoms with Crippen LogP contribution in [0.15, 0.2) is 24.3 Å². The standard InChI is InChI=1S/C17H24O6/c1-3-20-17(19)13-7-6-8-14(11-13)23-16(18)12(2)22-15-9-4-5-10-21-15/h6-8,11-12,15-16,18H,3-5,9-10H2,1-2H3. The lowest BCUT2D eigenvalue weighted by Gasteiger charge is -2.28. The number of hydrogen-bond donors (Lipinski definition) is 1. The number of aliphatic hydroxyl groups excluding tert-OH is 1. The fraction of sp³-hybridized carbons (Fsp3) is 0.588. The van der Waals surface area contributed by atoms with E-state index in [1.807, 2.05) is 0 Å². The molecule has 3 unspecified atom stereocenters. The van der Waals surface area contributed by atoms with Gasteiger partial charge in [-0.1, -0.05) is 6.07 Å².